The Morgan fingerprint density at radius 1 is 1.33 bits per heavy atom. The second kappa shape index (κ2) is 6.97. The summed E-state index contributed by atoms with van der Waals surface area (Å²) in [7, 11) is 1.30. The van der Waals surface area contributed by atoms with Gasteiger partial charge in [-0.15, -0.1) is 0 Å². The van der Waals surface area contributed by atoms with Crippen molar-refractivity contribution in [3.8, 4) is 11.5 Å². The zero-order chi connectivity index (χ0) is 15.2. The number of nitrogens with zero attached hydrogens (tertiary/aromatic N) is 1. The average Bonchev–Trinajstić information content (AvgIpc) is 2.53. The third-order valence-electron chi connectivity index (χ3n) is 3.14. The maximum atomic E-state index is 12.5. The van der Waals surface area contributed by atoms with Crippen LogP contribution in [0.25, 0.3) is 0 Å². The van der Waals surface area contributed by atoms with Crippen LogP contribution in [-0.4, -0.2) is 49.7 Å². The topological polar surface area (TPSA) is 65.1 Å². The summed E-state index contributed by atoms with van der Waals surface area (Å²) in [5, 5.41) is 0. The number of para-hydroxylation sites is 2. The van der Waals surface area contributed by atoms with E-state index in [-0.39, 0.29) is 19.1 Å². The minimum atomic E-state index is -0.740. The van der Waals surface area contributed by atoms with E-state index < -0.39 is 12.1 Å². The first-order valence-corrected chi connectivity index (χ1v) is 6.89. The van der Waals surface area contributed by atoms with Gasteiger partial charge in [0.1, 0.15) is 13.2 Å². The van der Waals surface area contributed by atoms with Crippen LogP contribution in [0.2, 0.25) is 0 Å². The van der Waals surface area contributed by atoms with Gasteiger partial charge in [0, 0.05) is 6.54 Å². The fraction of sp³-hybridized carbons (Fsp3) is 0.467. The van der Waals surface area contributed by atoms with Gasteiger partial charge in [-0.05, 0) is 18.6 Å². The average molecular weight is 293 g/mol. The van der Waals surface area contributed by atoms with Crippen LogP contribution in [0.5, 0.6) is 11.5 Å². The van der Waals surface area contributed by atoms with Crippen molar-refractivity contribution in [3.05, 3.63) is 24.3 Å². The number of fused-ring (bicyclic) bond motifs is 1. The number of carbonyl (C=O) groups excluding carboxylic acids is 2. The van der Waals surface area contributed by atoms with Crippen molar-refractivity contribution in [3.63, 3.8) is 0 Å². The second-order valence-corrected chi connectivity index (χ2v) is 4.70. The van der Waals surface area contributed by atoms with Crippen molar-refractivity contribution in [2.45, 2.75) is 19.4 Å². The Bertz CT molecular complexity index is 517. The molecule has 0 radical (unpaired) electrons. The van der Waals surface area contributed by atoms with Crippen LogP contribution in [0.4, 0.5) is 0 Å². The number of esters is 1. The SMILES string of the molecule is CCCN(CC(=O)OC)C(=O)C1COc2ccccc2O1. The van der Waals surface area contributed by atoms with Crippen LogP contribution < -0.4 is 9.47 Å². The standard InChI is InChI=1S/C15H19NO5/c1-3-8-16(9-14(17)19-2)15(18)13-10-20-11-6-4-5-7-12(11)21-13/h4-7,13H,3,8-10H2,1-2H3. The highest BCUT2D eigenvalue weighted by Crippen LogP contribution is 2.31. The van der Waals surface area contributed by atoms with Crippen molar-refractivity contribution < 1.29 is 23.8 Å². The number of hydrogen-bond acceptors (Lipinski definition) is 5. The summed E-state index contributed by atoms with van der Waals surface area (Å²) in [6.07, 6.45) is 0.00324. The Balaban J connectivity index is 2.06. The molecular formula is C15H19NO5. The summed E-state index contributed by atoms with van der Waals surface area (Å²) >= 11 is 0. The molecule has 114 valence electrons. The molecule has 1 aromatic rings. The molecule has 1 aromatic carbocycles. The molecular weight excluding hydrogens is 274 g/mol. The van der Waals surface area contributed by atoms with E-state index in [0.29, 0.717) is 18.0 Å². The maximum Gasteiger partial charge on any atom is 0.325 e. The largest absolute Gasteiger partial charge is 0.485 e. The lowest BCUT2D eigenvalue weighted by molar-refractivity contribution is -0.151. The lowest BCUT2D eigenvalue weighted by atomic mass is 10.2. The number of benzene rings is 1. The molecule has 6 heteroatoms. The number of amides is 1. The Morgan fingerprint density at radius 3 is 2.71 bits per heavy atom. The molecule has 1 unspecified atom stereocenters. The highest BCUT2D eigenvalue weighted by molar-refractivity contribution is 5.85. The normalized spacial score (nSPS) is 16.2. The molecule has 0 saturated heterocycles. The Hall–Kier alpha value is -2.24. The molecule has 21 heavy (non-hydrogen) atoms. The zero-order valence-electron chi connectivity index (χ0n) is 12.2. The minimum absolute atomic E-state index is 0.0787. The molecule has 2 rings (SSSR count). The van der Waals surface area contributed by atoms with Crippen LogP contribution in [0.15, 0.2) is 24.3 Å². The Morgan fingerprint density at radius 2 is 2.05 bits per heavy atom. The fourth-order valence-electron chi connectivity index (χ4n) is 2.10. The van der Waals surface area contributed by atoms with Crippen molar-refractivity contribution in [2.75, 3.05) is 26.8 Å². The molecule has 1 amide bonds. The molecule has 0 N–H and O–H groups in total. The van der Waals surface area contributed by atoms with Crippen molar-refractivity contribution >= 4 is 11.9 Å². The summed E-state index contributed by atoms with van der Waals surface area (Å²) in [6, 6.07) is 7.19. The van der Waals surface area contributed by atoms with E-state index in [2.05, 4.69) is 4.74 Å². The van der Waals surface area contributed by atoms with Gasteiger partial charge in [-0.1, -0.05) is 19.1 Å². The summed E-state index contributed by atoms with van der Waals surface area (Å²) < 4.78 is 15.8. The van der Waals surface area contributed by atoms with Crippen LogP contribution in [0, 0.1) is 0 Å². The van der Waals surface area contributed by atoms with E-state index in [1.165, 1.54) is 12.0 Å². The lowest BCUT2D eigenvalue weighted by Crippen LogP contribution is -2.48. The number of methoxy groups -OCH3 is 1. The molecule has 6 nitrogen and oxygen atoms in total. The number of ether oxygens (including phenoxy) is 3. The first-order chi connectivity index (χ1) is 10.2. The van der Waals surface area contributed by atoms with Crippen LogP contribution in [0.3, 0.4) is 0 Å². The molecule has 1 heterocycles. The molecule has 1 aliphatic heterocycles. The van der Waals surface area contributed by atoms with Crippen LogP contribution in [-0.2, 0) is 14.3 Å². The van der Waals surface area contributed by atoms with E-state index in [1.807, 2.05) is 19.1 Å². The van der Waals surface area contributed by atoms with Crippen LogP contribution in [0.1, 0.15) is 13.3 Å². The fourth-order valence-corrected chi connectivity index (χ4v) is 2.10. The lowest BCUT2D eigenvalue weighted by Gasteiger charge is -2.30. The molecule has 0 saturated carbocycles. The van der Waals surface area contributed by atoms with Gasteiger partial charge in [0.2, 0.25) is 6.10 Å². The molecule has 0 fully saturated rings. The smallest absolute Gasteiger partial charge is 0.325 e. The molecule has 0 spiro atoms. The second-order valence-electron chi connectivity index (χ2n) is 4.70. The monoisotopic (exact) mass is 293 g/mol. The van der Waals surface area contributed by atoms with E-state index in [0.717, 1.165) is 6.42 Å². The predicted molar refractivity (Wildman–Crippen MR) is 75.2 cm³/mol. The Labute approximate surface area is 123 Å². The number of carbonyl (C=O) groups is 2. The highest BCUT2D eigenvalue weighted by atomic mass is 16.6. The number of hydrogen-bond donors (Lipinski definition) is 0. The van der Waals surface area contributed by atoms with Gasteiger partial charge in [0.15, 0.2) is 11.5 Å². The molecule has 0 aliphatic carbocycles. The van der Waals surface area contributed by atoms with Crippen LogP contribution >= 0.6 is 0 Å². The van der Waals surface area contributed by atoms with Gasteiger partial charge >= 0.3 is 5.97 Å². The molecule has 0 bridgehead atoms. The van der Waals surface area contributed by atoms with E-state index >= 15 is 0 Å². The summed E-state index contributed by atoms with van der Waals surface area (Å²) in [5.41, 5.74) is 0. The van der Waals surface area contributed by atoms with E-state index in [9.17, 15) is 9.59 Å². The van der Waals surface area contributed by atoms with Gasteiger partial charge in [0.25, 0.3) is 5.91 Å². The first kappa shape index (κ1) is 15.2. The Kier molecular flexibility index (Phi) is 5.03. The molecule has 0 aromatic heterocycles. The quantitative estimate of drug-likeness (QED) is 0.764. The molecule has 1 atom stereocenters. The maximum absolute atomic E-state index is 12.5. The van der Waals surface area contributed by atoms with E-state index in [4.69, 9.17) is 9.47 Å². The predicted octanol–water partition coefficient (Wildman–Crippen LogP) is 1.24. The van der Waals surface area contributed by atoms with Crippen molar-refractivity contribution in [2.24, 2.45) is 0 Å². The zero-order valence-corrected chi connectivity index (χ0v) is 12.2. The van der Waals surface area contributed by atoms with Crippen molar-refractivity contribution in [1.82, 2.24) is 4.90 Å². The van der Waals surface area contributed by atoms with Gasteiger partial charge < -0.3 is 19.1 Å². The van der Waals surface area contributed by atoms with E-state index in [1.54, 1.807) is 12.1 Å². The van der Waals surface area contributed by atoms with Gasteiger partial charge in [-0.25, -0.2) is 0 Å². The van der Waals surface area contributed by atoms with Gasteiger partial charge in [0.05, 0.1) is 7.11 Å². The summed E-state index contributed by atoms with van der Waals surface area (Å²) in [4.78, 5) is 25.3. The summed E-state index contributed by atoms with van der Waals surface area (Å²) in [6.45, 7) is 2.46. The highest BCUT2D eigenvalue weighted by Gasteiger charge is 2.31. The van der Waals surface area contributed by atoms with Gasteiger partial charge in [-0.3, -0.25) is 9.59 Å². The minimum Gasteiger partial charge on any atom is -0.485 e. The molecule has 1 aliphatic rings. The first-order valence-electron chi connectivity index (χ1n) is 6.89. The van der Waals surface area contributed by atoms with Crippen molar-refractivity contribution in [1.29, 1.82) is 0 Å². The third-order valence-corrected chi connectivity index (χ3v) is 3.14. The van der Waals surface area contributed by atoms with Gasteiger partial charge in [-0.2, -0.15) is 0 Å². The third kappa shape index (κ3) is 3.65. The number of rotatable bonds is 5. The summed E-state index contributed by atoms with van der Waals surface area (Å²) in [5.74, 6) is 0.443.